The van der Waals surface area contributed by atoms with Crippen LogP contribution in [0.2, 0.25) is 0 Å². The summed E-state index contributed by atoms with van der Waals surface area (Å²) in [6.07, 6.45) is 0.654. The fourth-order valence-electron chi connectivity index (χ4n) is 1.47. The maximum absolute atomic E-state index is 10.8. The molecule has 0 saturated heterocycles. The van der Waals surface area contributed by atoms with Crippen LogP contribution < -0.4 is 0 Å². The third-order valence-corrected chi connectivity index (χ3v) is 2.16. The first kappa shape index (κ1) is 9.68. The van der Waals surface area contributed by atoms with Gasteiger partial charge in [-0.1, -0.05) is 30.3 Å². The molecule has 15 heavy (non-hydrogen) atoms. The molecule has 0 atom stereocenters. The van der Waals surface area contributed by atoms with Crippen LogP contribution in [-0.2, 0) is 6.61 Å². The van der Waals surface area contributed by atoms with E-state index < -0.39 is 0 Å². The van der Waals surface area contributed by atoms with Crippen LogP contribution in [0.5, 0.6) is 0 Å². The Morgan fingerprint density at radius 1 is 1.27 bits per heavy atom. The maximum atomic E-state index is 10.8. The van der Waals surface area contributed by atoms with Crippen LogP contribution in [0.25, 0.3) is 11.1 Å². The van der Waals surface area contributed by atoms with Crippen molar-refractivity contribution in [2.75, 3.05) is 0 Å². The number of aliphatic hydroxyl groups is 1. The van der Waals surface area contributed by atoms with Crippen molar-refractivity contribution in [2.24, 2.45) is 0 Å². The van der Waals surface area contributed by atoms with Crippen molar-refractivity contribution < 1.29 is 14.3 Å². The third kappa shape index (κ3) is 1.82. The van der Waals surface area contributed by atoms with E-state index in [2.05, 4.69) is 0 Å². The number of rotatable bonds is 3. The zero-order valence-electron chi connectivity index (χ0n) is 8.01. The predicted octanol–water partition coefficient (Wildman–Crippen LogP) is 2.25. The molecule has 0 aliphatic rings. The zero-order chi connectivity index (χ0) is 10.7. The number of hydrogen-bond acceptors (Lipinski definition) is 3. The van der Waals surface area contributed by atoms with E-state index in [0.29, 0.717) is 12.0 Å². The molecule has 0 saturated carbocycles. The number of aliphatic hydroxyl groups excluding tert-OH is 1. The highest BCUT2D eigenvalue weighted by Crippen LogP contribution is 2.25. The average molecular weight is 202 g/mol. The van der Waals surface area contributed by atoms with E-state index in [1.54, 1.807) is 6.07 Å². The monoisotopic (exact) mass is 202 g/mol. The van der Waals surface area contributed by atoms with Gasteiger partial charge in [-0.15, -0.1) is 0 Å². The Morgan fingerprint density at radius 2 is 2.00 bits per heavy atom. The lowest BCUT2D eigenvalue weighted by Crippen LogP contribution is -1.79. The van der Waals surface area contributed by atoms with Crippen LogP contribution in [-0.4, -0.2) is 11.4 Å². The van der Waals surface area contributed by atoms with Gasteiger partial charge in [0, 0.05) is 5.56 Å². The predicted molar refractivity (Wildman–Crippen MR) is 55.5 cm³/mol. The summed E-state index contributed by atoms with van der Waals surface area (Å²) in [5.41, 5.74) is 1.62. The van der Waals surface area contributed by atoms with E-state index in [-0.39, 0.29) is 12.4 Å². The van der Waals surface area contributed by atoms with Crippen LogP contribution in [0.1, 0.15) is 16.3 Å². The molecule has 3 heteroatoms. The van der Waals surface area contributed by atoms with Crippen molar-refractivity contribution >= 4 is 6.29 Å². The molecule has 2 aromatic rings. The van der Waals surface area contributed by atoms with Gasteiger partial charge in [-0.05, 0) is 11.6 Å². The van der Waals surface area contributed by atoms with Crippen molar-refractivity contribution in [3.05, 3.63) is 47.9 Å². The Bertz CT molecular complexity index is 457. The highest BCUT2D eigenvalue weighted by atomic mass is 16.4. The Hall–Kier alpha value is -1.87. The van der Waals surface area contributed by atoms with Crippen LogP contribution in [0.15, 0.2) is 40.8 Å². The topological polar surface area (TPSA) is 50.4 Å². The minimum atomic E-state index is -0.201. The molecule has 76 valence electrons. The van der Waals surface area contributed by atoms with Crippen LogP contribution in [0, 0.1) is 0 Å². The Labute approximate surface area is 87.0 Å². The summed E-state index contributed by atoms with van der Waals surface area (Å²) in [7, 11) is 0. The molecule has 3 nitrogen and oxygen atoms in total. The molecular weight excluding hydrogens is 192 g/mol. The summed E-state index contributed by atoms with van der Waals surface area (Å²) in [4.78, 5) is 10.8. The molecule has 1 heterocycles. The molecule has 2 rings (SSSR count). The Balaban J connectivity index is 2.52. The number of carbonyl (C=O) groups excluding carboxylic acids is 1. The molecule has 1 aromatic heterocycles. The third-order valence-electron chi connectivity index (χ3n) is 2.16. The smallest absolute Gasteiger partial charge is 0.185 e. The molecule has 0 aliphatic heterocycles. The highest BCUT2D eigenvalue weighted by Gasteiger charge is 2.10. The molecular formula is C12H10O3. The second-order valence-corrected chi connectivity index (χ2v) is 3.13. The minimum absolute atomic E-state index is 0.201. The first-order chi connectivity index (χ1) is 7.35. The summed E-state index contributed by atoms with van der Waals surface area (Å²) < 4.78 is 5.15. The molecule has 1 aromatic carbocycles. The van der Waals surface area contributed by atoms with E-state index in [4.69, 9.17) is 9.52 Å². The van der Waals surface area contributed by atoms with Crippen molar-refractivity contribution in [1.29, 1.82) is 0 Å². The second kappa shape index (κ2) is 4.11. The fraction of sp³-hybridized carbons (Fsp3) is 0.0833. The van der Waals surface area contributed by atoms with Gasteiger partial charge in [-0.25, -0.2) is 0 Å². The number of aldehydes is 1. The number of furan rings is 1. The van der Waals surface area contributed by atoms with Gasteiger partial charge in [0.1, 0.15) is 12.4 Å². The first-order valence-electron chi connectivity index (χ1n) is 4.59. The van der Waals surface area contributed by atoms with E-state index >= 15 is 0 Å². The van der Waals surface area contributed by atoms with Gasteiger partial charge in [0.25, 0.3) is 0 Å². The highest BCUT2D eigenvalue weighted by molar-refractivity contribution is 5.84. The first-order valence-corrected chi connectivity index (χ1v) is 4.59. The summed E-state index contributed by atoms with van der Waals surface area (Å²) in [6.45, 7) is -0.201. The summed E-state index contributed by atoms with van der Waals surface area (Å²) in [5.74, 6) is 0.654. The number of carbonyl (C=O) groups is 1. The quantitative estimate of drug-likeness (QED) is 0.776. The van der Waals surface area contributed by atoms with E-state index in [9.17, 15) is 4.79 Å². The fourth-order valence-corrected chi connectivity index (χ4v) is 1.47. The summed E-state index contributed by atoms with van der Waals surface area (Å²) in [5, 5.41) is 8.91. The van der Waals surface area contributed by atoms with Gasteiger partial charge in [-0.2, -0.15) is 0 Å². The summed E-state index contributed by atoms with van der Waals surface area (Å²) in [6, 6.07) is 11.1. The van der Waals surface area contributed by atoms with Crippen LogP contribution >= 0.6 is 0 Å². The molecule has 1 N–H and O–H groups in total. The zero-order valence-corrected chi connectivity index (χ0v) is 8.01. The van der Waals surface area contributed by atoms with Gasteiger partial charge in [0.2, 0.25) is 0 Å². The van der Waals surface area contributed by atoms with Gasteiger partial charge >= 0.3 is 0 Å². The van der Waals surface area contributed by atoms with Crippen molar-refractivity contribution in [3.8, 4) is 11.1 Å². The molecule has 0 spiro atoms. The van der Waals surface area contributed by atoms with Gasteiger partial charge in [0.15, 0.2) is 12.0 Å². The maximum Gasteiger partial charge on any atom is 0.185 e. The SMILES string of the molecule is O=Cc1oc(CO)cc1-c1ccccc1. The van der Waals surface area contributed by atoms with Crippen molar-refractivity contribution in [2.45, 2.75) is 6.61 Å². The van der Waals surface area contributed by atoms with E-state index in [1.165, 1.54) is 0 Å². The molecule has 0 bridgehead atoms. The molecule has 0 fully saturated rings. The lowest BCUT2D eigenvalue weighted by Gasteiger charge is -1.95. The van der Waals surface area contributed by atoms with Gasteiger partial charge < -0.3 is 9.52 Å². The second-order valence-electron chi connectivity index (χ2n) is 3.13. The van der Waals surface area contributed by atoms with Gasteiger partial charge in [-0.3, -0.25) is 4.79 Å². The summed E-state index contributed by atoms with van der Waals surface area (Å²) >= 11 is 0. The molecule has 0 aliphatic carbocycles. The lowest BCUT2D eigenvalue weighted by molar-refractivity contribution is 0.109. The van der Waals surface area contributed by atoms with Gasteiger partial charge in [0.05, 0.1) is 0 Å². The molecule has 0 amide bonds. The lowest BCUT2D eigenvalue weighted by atomic mass is 10.1. The van der Waals surface area contributed by atoms with Crippen LogP contribution in [0.3, 0.4) is 0 Å². The van der Waals surface area contributed by atoms with Crippen molar-refractivity contribution in [1.82, 2.24) is 0 Å². The van der Waals surface area contributed by atoms with E-state index in [1.807, 2.05) is 30.3 Å². The van der Waals surface area contributed by atoms with E-state index in [0.717, 1.165) is 11.1 Å². The van der Waals surface area contributed by atoms with Crippen LogP contribution in [0.4, 0.5) is 0 Å². The Morgan fingerprint density at radius 3 is 2.60 bits per heavy atom. The normalized spacial score (nSPS) is 10.2. The molecule has 0 unspecified atom stereocenters. The standard InChI is InChI=1S/C12H10O3/c13-7-10-6-11(12(8-14)15-10)9-4-2-1-3-5-9/h1-6,8,13H,7H2. The Kier molecular flexibility index (Phi) is 2.65. The van der Waals surface area contributed by atoms with Crippen molar-refractivity contribution in [3.63, 3.8) is 0 Å². The minimum Gasteiger partial charge on any atom is -0.455 e. The molecule has 0 radical (unpaired) electrons. The average Bonchev–Trinajstić information content (AvgIpc) is 2.73. The largest absolute Gasteiger partial charge is 0.455 e. The number of hydrogen-bond donors (Lipinski definition) is 1. The number of benzene rings is 1.